The number of fused-ring (bicyclic) bond motifs is 1. The minimum absolute atomic E-state index is 0.719. The van der Waals surface area contributed by atoms with Crippen LogP contribution in [0, 0.1) is 18.3 Å². The smallest absolute Gasteiger partial charge is 0.110 e. The number of nitrogens with zero attached hydrogens (tertiary/aromatic N) is 1. The average Bonchev–Trinajstić information content (AvgIpc) is 2.56. The van der Waals surface area contributed by atoms with Gasteiger partial charge in [0.05, 0.1) is 0 Å². The van der Waals surface area contributed by atoms with Gasteiger partial charge in [-0.3, -0.25) is 0 Å². The highest BCUT2D eigenvalue weighted by Gasteiger charge is 2.05. The van der Waals surface area contributed by atoms with Gasteiger partial charge in [-0.05, 0) is 24.6 Å². The lowest BCUT2D eigenvalue weighted by Crippen LogP contribution is -1.84. The van der Waals surface area contributed by atoms with E-state index < -0.39 is 0 Å². The summed E-state index contributed by atoms with van der Waals surface area (Å²) >= 11 is 1.50. The number of nitrogens with two attached hydrogens (primary N) is 1. The van der Waals surface area contributed by atoms with Crippen LogP contribution in [0.5, 0.6) is 0 Å². The molecule has 0 amide bonds. The number of hydrogen-bond acceptors (Lipinski definition) is 3. The molecule has 2 aromatic rings. The van der Waals surface area contributed by atoms with Gasteiger partial charge in [0.15, 0.2) is 0 Å². The summed E-state index contributed by atoms with van der Waals surface area (Å²) in [6.07, 6.45) is 0. The molecule has 0 aliphatic carbocycles. The van der Waals surface area contributed by atoms with Crippen molar-refractivity contribution < 1.29 is 0 Å². The van der Waals surface area contributed by atoms with Crippen molar-refractivity contribution in [1.82, 2.24) is 0 Å². The Hall–Kier alpha value is -1.53. The van der Waals surface area contributed by atoms with Gasteiger partial charge >= 0.3 is 0 Å². The quantitative estimate of drug-likeness (QED) is 0.646. The van der Waals surface area contributed by atoms with E-state index >= 15 is 0 Å². The van der Waals surface area contributed by atoms with Gasteiger partial charge in [-0.2, -0.15) is 5.26 Å². The molecule has 0 unspecified atom stereocenters. The van der Waals surface area contributed by atoms with E-state index in [-0.39, 0.29) is 0 Å². The molecule has 1 heterocycles. The predicted molar refractivity (Wildman–Crippen MR) is 55.7 cm³/mol. The minimum atomic E-state index is 0.719. The fourth-order valence-electron chi connectivity index (χ4n) is 1.33. The molecule has 0 fully saturated rings. The van der Waals surface area contributed by atoms with Crippen LogP contribution in [-0.2, 0) is 0 Å². The molecule has 2 rings (SSSR count). The number of rotatable bonds is 0. The van der Waals surface area contributed by atoms with Crippen molar-refractivity contribution in [3.05, 3.63) is 28.6 Å². The summed E-state index contributed by atoms with van der Waals surface area (Å²) in [4.78, 5) is 0.719. The number of benzene rings is 1. The zero-order chi connectivity index (χ0) is 9.42. The SMILES string of the molecule is Cc1ccc(N)c2cc(C#N)sc12. The molecule has 0 saturated heterocycles. The highest BCUT2D eigenvalue weighted by atomic mass is 32.1. The van der Waals surface area contributed by atoms with E-state index in [0.717, 1.165) is 20.7 Å². The maximum absolute atomic E-state index is 8.74. The van der Waals surface area contributed by atoms with Gasteiger partial charge in [-0.25, -0.2) is 0 Å². The zero-order valence-electron chi connectivity index (χ0n) is 7.16. The Bertz CT molecular complexity index is 466. The standard InChI is InChI=1S/C10H8N2S/c1-6-2-3-9(12)8-4-7(5-11)13-10(6)8/h2-4H,12H2,1H3. The first-order valence-corrected chi connectivity index (χ1v) is 4.73. The number of aryl methyl sites for hydroxylation is 1. The van der Waals surface area contributed by atoms with E-state index in [1.807, 2.05) is 25.1 Å². The molecule has 0 saturated carbocycles. The van der Waals surface area contributed by atoms with E-state index in [4.69, 9.17) is 11.0 Å². The first kappa shape index (κ1) is 8.09. The number of thiophene rings is 1. The Morgan fingerprint density at radius 3 is 2.85 bits per heavy atom. The monoisotopic (exact) mass is 188 g/mol. The van der Waals surface area contributed by atoms with E-state index in [0.29, 0.717) is 0 Å². The Labute approximate surface area is 80.2 Å². The minimum Gasteiger partial charge on any atom is -0.398 e. The molecule has 0 atom stereocenters. The van der Waals surface area contributed by atoms with Gasteiger partial charge in [0, 0.05) is 15.8 Å². The molecule has 0 aliphatic heterocycles. The molecule has 0 spiro atoms. The first-order chi connectivity index (χ1) is 6.22. The van der Waals surface area contributed by atoms with Gasteiger partial charge in [0.2, 0.25) is 0 Å². The van der Waals surface area contributed by atoms with Gasteiger partial charge in [-0.1, -0.05) is 6.07 Å². The van der Waals surface area contributed by atoms with Crippen molar-refractivity contribution in [3.8, 4) is 6.07 Å². The largest absolute Gasteiger partial charge is 0.398 e. The highest BCUT2D eigenvalue weighted by Crippen LogP contribution is 2.31. The molecule has 3 heteroatoms. The third kappa shape index (κ3) is 1.16. The van der Waals surface area contributed by atoms with Gasteiger partial charge in [0.25, 0.3) is 0 Å². The van der Waals surface area contributed by atoms with Gasteiger partial charge in [-0.15, -0.1) is 11.3 Å². The number of nitriles is 1. The Morgan fingerprint density at radius 2 is 2.23 bits per heavy atom. The number of anilines is 1. The summed E-state index contributed by atoms with van der Waals surface area (Å²) in [6, 6.07) is 7.85. The van der Waals surface area contributed by atoms with Crippen molar-refractivity contribution >= 4 is 27.1 Å². The molecule has 1 aromatic carbocycles. The molecule has 2 nitrogen and oxygen atoms in total. The molecular formula is C10H8N2S. The van der Waals surface area contributed by atoms with Crippen molar-refractivity contribution in [1.29, 1.82) is 5.26 Å². The lowest BCUT2D eigenvalue weighted by atomic mass is 10.1. The molecule has 0 aliphatic rings. The van der Waals surface area contributed by atoms with Crippen LogP contribution < -0.4 is 5.73 Å². The maximum atomic E-state index is 8.74. The summed E-state index contributed by atoms with van der Waals surface area (Å²) in [6.45, 7) is 2.03. The second-order valence-electron chi connectivity index (χ2n) is 2.94. The lowest BCUT2D eigenvalue weighted by Gasteiger charge is -1.97. The van der Waals surface area contributed by atoms with Crippen LogP contribution in [0.4, 0.5) is 5.69 Å². The van der Waals surface area contributed by atoms with E-state index in [1.54, 1.807) is 0 Å². The second-order valence-corrected chi connectivity index (χ2v) is 3.99. The zero-order valence-corrected chi connectivity index (χ0v) is 7.98. The molecule has 64 valence electrons. The Morgan fingerprint density at radius 1 is 1.46 bits per heavy atom. The number of hydrogen-bond donors (Lipinski definition) is 1. The molecule has 0 radical (unpaired) electrons. The van der Waals surface area contributed by atoms with Crippen LogP contribution >= 0.6 is 11.3 Å². The maximum Gasteiger partial charge on any atom is 0.110 e. The van der Waals surface area contributed by atoms with Crippen molar-refractivity contribution in [2.75, 3.05) is 5.73 Å². The van der Waals surface area contributed by atoms with E-state index in [1.165, 1.54) is 16.9 Å². The fourth-order valence-corrected chi connectivity index (χ4v) is 2.29. The summed E-state index contributed by atoms with van der Waals surface area (Å²) in [5, 5.41) is 9.74. The van der Waals surface area contributed by atoms with Crippen LogP contribution in [0.3, 0.4) is 0 Å². The van der Waals surface area contributed by atoms with Crippen molar-refractivity contribution in [3.63, 3.8) is 0 Å². The number of nitrogen functional groups attached to an aromatic ring is 1. The van der Waals surface area contributed by atoms with Crippen molar-refractivity contribution in [2.45, 2.75) is 6.92 Å². The predicted octanol–water partition coefficient (Wildman–Crippen LogP) is 2.66. The normalized spacial score (nSPS) is 10.2. The average molecular weight is 188 g/mol. The molecule has 13 heavy (non-hydrogen) atoms. The Balaban J connectivity index is 2.90. The third-order valence-corrected chi connectivity index (χ3v) is 3.20. The fraction of sp³-hybridized carbons (Fsp3) is 0.100. The van der Waals surface area contributed by atoms with Crippen LogP contribution in [-0.4, -0.2) is 0 Å². The van der Waals surface area contributed by atoms with Crippen LogP contribution in [0.15, 0.2) is 18.2 Å². The molecule has 0 bridgehead atoms. The third-order valence-electron chi connectivity index (χ3n) is 2.02. The van der Waals surface area contributed by atoms with E-state index in [2.05, 4.69) is 6.07 Å². The summed E-state index contributed by atoms with van der Waals surface area (Å²) < 4.78 is 1.12. The van der Waals surface area contributed by atoms with E-state index in [9.17, 15) is 0 Å². The topological polar surface area (TPSA) is 49.8 Å². The van der Waals surface area contributed by atoms with Crippen LogP contribution in [0.1, 0.15) is 10.4 Å². The van der Waals surface area contributed by atoms with Gasteiger partial charge < -0.3 is 5.73 Å². The highest BCUT2D eigenvalue weighted by molar-refractivity contribution is 7.19. The van der Waals surface area contributed by atoms with Crippen LogP contribution in [0.25, 0.3) is 10.1 Å². The molecule has 2 N–H and O–H groups in total. The summed E-state index contributed by atoms with van der Waals surface area (Å²) in [7, 11) is 0. The Kier molecular flexibility index (Phi) is 1.71. The van der Waals surface area contributed by atoms with Crippen molar-refractivity contribution in [2.24, 2.45) is 0 Å². The summed E-state index contributed by atoms with van der Waals surface area (Å²) in [5.41, 5.74) is 7.72. The summed E-state index contributed by atoms with van der Waals surface area (Å²) in [5.74, 6) is 0. The first-order valence-electron chi connectivity index (χ1n) is 3.91. The lowest BCUT2D eigenvalue weighted by molar-refractivity contribution is 1.52. The molecule has 1 aromatic heterocycles. The van der Waals surface area contributed by atoms with Gasteiger partial charge in [0.1, 0.15) is 10.9 Å². The second kappa shape index (κ2) is 2.75. The molecular weight excluding hydrogens is 180 g/mol. The van der Waals surface area contributed by atoms with Crippen LogP contribution in [0.2, 0.25) is 0 Å².